The average molecular weight is 518 g/mol. The number of nitrogens with zero attached hydrogens (tertiary/aromatic N) is 1. The molecule has 0 spiro atoms. The fourth-order valence-electron chi connectivity index (χ4n) is 5.86. The van der Waals surface area contributed by atoms with E-state index in [0.29, 0.717) is 56.6 Å². The third-order valence-corrected chi connectivity index (χ3v) is 7.95. The van der Waals surface area contributed by atoms with Crippen molar-refractivity contribution in [2.24, 2.45) is 11.1 Å². The van der Waals surface area contributed by atoms with Gasteiger partial charge in [-0.3, -0.25) is 14.1 Å². The van der Waals surface area contributed by atoms with E-state index >= 15 is 0 Å². The van der Waals surface area contributed by atoms with Gasteiger partial charge in [-0.15, -0.1) is 0 Å². The highest BCUT2D eigenvalue weighted by atomic mass is 31.2. The van der Waals surface area contributed by atoms with Crippen LogP contribution >= 0.6 is 7.82 Å². The second-order valence-electron chi connectivity index (χ2n) is 10.8. The highest BCUT2D eigenvalue weighted by Gasteiger charge is 2.39. The lowest BCUT2D eigenvalue weighted by atomic mass is 9.75. The third-order valence-electron chi connectivity index (χ3n) is 7.37. The minimum absolute atomic E-state index is 0.0110. The minimum atomic E-state index is -4.53. The summed E-state index contributed by atoms with van der Waals surface area (Å²) in [5.41, 5.74) is 11.0. The first-order valence-electron chi connectivity index (χ1n) is 12.2. The van der Waals surface area contributed by atoms with E-state index in [1.54, 1.807) is 6.07 Å². The van der Waals surface area contributed by atoms with Crippen LogP contribution in [-0.2, 0) is 33.5 Å². The molecule has 0 bridgehead atoms. The summed E-state index contributed by atoms with van der Waals surface area (Å²) in [6.45, 7) is 5.03. The van der Waals surface area contributed by atoms with Gasteiger partial charge >= 0.3 is 7.82 Å². The number of carbonyl (C=O) groups excluding carboxylic acids is 2. The summed E-state index contributed by atoms with van der Waals surface area (Å²) in [7, 11) is -4.53. The van der Waals surface area contributed by atoms with Crippen LogP contribution in [0.25, 0.3) is 5.69 Å². The van der Waals surface area contributed by atoms with Gasteiger partial charge in [0, 0.05) is 40.7 Å². The summed E-state index contributed by atoms with van der Waals surface area (Å²) >= 11 is 0. The molecular formula is C25H32N3O7P. The van der Waals surface area contributed by atoms with Crippen molar-refractivity contribution in [1.29, 1.82) is 0 Å². The second kappa shape index (κ2) is 9.11. The predicted octanol–water partition coefficient (Wildman–Crippen LogP) is 3.59. The predicted molar refractivity (Wildman–Crippen MR) is 132 cm³/mol. The topological polar surface area (TPSA) is 153 Å². The minimum Gasteiger partial charge on any atom is -0.382 e. The number of Topliss-reactive ketones (excluding diaryl/α,β-unsaturated/α-hetero) is 1. The first-order valence-corrected chi connectivity index (χ1v) is 13.8. The number of phosphoric acid groups is 1. The Hall–Kier alpha value is -2.49. The number of rotatable bonds is 6. The van der Waals surface area contributed by atoms with Crippen LogP contribution in [0.2, 0.25) is 0 Å². The monoisotopic (exact) mass is 517 g/mol. The summed E-state index contributed by atoms with van der Waals surface area (Å²) in [5, 5.41) is 3.43. The first kappa shape index (κ1) is 25.2. The zero-order valence-corrected chi connectivity index (χ0v) is 21.3. The van der Waals surface area contributed by atoms with Crippen LogP contribution in [0.15, 0.2) is 18.2 Å². The molecular weight excluding hydrogens is 485 g/mol. The Balaban J connectivity index is 1.48. The van der Waals surface area contributed by atoms with Crippen molar-refractivity contribution in [3.8, 4) is 5.69 Å². The summed E-state index contributed by atoms with van der Waals surface area (Å²) in [4.78, 5) is 43.5. The van der Waals surface area contributed by atoms with Gasteiger partial charge in [0.2, 0.25) is 0 Å². The number of hydrogen-bond donors (Lipinski definition) is 4. The van der Waals surface area contributed by atoms with Crippen molar-refractivity contribution < 1.29 is 33.2 Å². The Morgan fingerprint density at radius 2 is 1.89 bits per heavy atom. The Labute approximate surface area is 209 Å². The van der Waals surface area contributed by atoms with Gasteiger partial charge in [-0.1, -0.05) is 13.8 Å². The molecule has 1 aliphatic heterocycles. The molecule has 0 saturated heterocycles. The maximum Gasteiger partial charge on any atom is 0.469 e. The summed E-state index contributed by atoms with van der Waals surface area (Å²) in [6, 6.07) is 5.43. The zero-order valence-electron chi connectivity index (χ0n) is 20.5. The Bertz CT molecular complexity index is 1270. The average Bonchev–Trinajstić information content (AvgIpc) is 3.33. The Morgan fingerprint density at radius 3 is 2.56 bits per heavy atom. The van der Waals surface area contributed by atoms with Gasteiger partial charge in [-0.25, -0.2) is 4.57 Å². The van der Waals surface area contributed by atoms with Crippen LogP contribution < -0.4 is 11.1 Å². The number of amides is 1. The van der Waals surface area contributed by atoms with Crippen LogP contribution in [0.3, 0.4) is 0 Å². The van der Waals surface area contributed by atoms with E-state index in [-0.39, 0.29) is 17.2 Å². The van der Waals surface area contributed by atoms with Crippen LogP contribution in [0.4, 0.5) is 5.69 Å². The molecule has 1 fully saturated rings. The number of phosphoric ester groups is 1. The lowest BCUT2D eigenvalue weighted by molar-refractivity contribution is 0.0899. The smallest absolute Gasteiger partial charge is 0.382 e. The van der Waals surface area contributed by atoms with Crippen molar-refractivity contribution >= 4 is 25.2 Å². The molecule has 2 aliphatic carbocycles. The van der Waals surface area contributed by atoms with E-state index in [9.17, 15) is 14.2 Å². The maximum atomic E-state index is 13.1. The van der Waals surface area contributed by atoms with Crippen LogP contribution in [-0.4, -0.2) is 38.2 Å². The van der Waals surface area contributed by atoms with Gasteiger partial charge < -0.3 is 30.1 Å². The van der Waals surface area contributed by atoms with Crippen molar-refractivity contribution in [2.75, 3.05) is 5.32 Å². The SMILES string of the molecule is CC1(C)CC(=O)c2c3c(n(-c4ccc(C(N)=O)c(N[C@H]5CC[C@H](OP(=O)(O)O)CC5)c4)c2C1)COC3. The molecule has 2 aromatic rings. The standard InChI is InChI=1S/C25H32N3O7P/c1-25(2)10-20-23(22(29)11-25)18-12-34-13-21(18)28(20)15-5-8-17(24(26)30)19(9-15)27-14-3-6-16(7-4-14)35-36(31,32)33/h5,8-9,14,16,27H,3-4,6-7,10-13H2,1-2H3,(H2,26,30)(H2,31,32,33)/t14-,16-. The molecule has 0 atom stereocenters. The summed E-state index contributed by atoms with van der Waals surface area (Å²) in [6.07, 6.45) is 2.98. The number of benzene rings is 1. The fourth-order valence-corrected chi connectivity index (χ4v) is 6.46. The summed E-state index contributed by atoms with van der Waals surface area (Å²) in [5.74, 6) is -0.412. The van der Waals surface area contributed by atoms with Crippen LogP contribution in [0, 0.1) is 5.41 Å². The van der Waals surface area contributed by atoms with Gasteiger partial charge in [0.1, 0.15) is 0 Å². The van der Waals surface area contributed by atoms with Crippen LogP contribution in [0.5, 0.6) is 0 Å². The van der Waals surface area contributed by atoms with Crippen molar-refractivity contribution in [2.45, 2.75) is 77.7 Å². The molecule has 1 aromatic carbocycles. The Morgan fingerprint density at radius 1 is 1.17 bits per heavy atom. The maximum absolute atomic E-state index is 13.1. The van der Waals surface area contributed by atoms with Gasteiger partial charge in [-0.2, -0.15) is 0 Å². The van der Waals surface area contributed by atoms with E-state index in [4.69, 9.17) is 24.8 Å². The lowest BCUT2D eigenvalue weighted by Crippen LogP contribution is -2.30. The van der Waals surface area contributed by atoms with E-state index < -0.39 is 19.8 Å². The highest BCUT2D eigenvalue weighted by molar-refractivity contribution is 7.46. The van der Waals surface area contributed by atoms with Crippen molar-refractivity contribution in [1.82, 2.24) is 4.57 Å². The molecule has 10 nitrogen and oxygen atoms in total. The van der Waals surface area contributed by atoms with Gasteiger partial charge in [-0.05, 0) is 55.7 Å². The molecule has 5 N–H and O–H groups in total. The lowest BCUT2D eigenvalue weighted by Gasteiger charge is -2.31. The number of primary amides is 1. The number of carbonyl (C=O) groups is 2. The zero-order chi connectivity index (χ0) is 25.8. The number of nitrogens with one attached hydrogen (secondary N) is 1. The van der Waals surface area contributed by atoms with E-state index in [2.05, 4.69) is 23.7 Å². The number of hydrogen-bond acceptors (Lipinski definition) is 6. The molecule has 1 amide bonds. The Kier molecular flexibility index (Phi) is 6.37. The van der Waals surface area contributed by atoms with Gasteiger partial charge in [0.05, 0.1) is 30.6 Å². The van der Waals surface area contributed by atoms with Gasteiger partial charge in [0.25, 0.3) is 5.91 Å². The number of ketones is 1. The number of anilines is 1. The molecule has 36 heavy (non-hydrogen) atoms. The normalized spacial score (nSPS) is 23.3. The van der Waals surface area contributed by atoms with Gasteiger partial charge in [0.15, 0.2) is 5.78 Å². The molecule has 5 rings (SSSR count). The molecule has 11 heteroatoms. The molecule has 2 heterocycles. The molecule has 3 aliphatic rings. The van der Waals surface area contributed by atoms with E-state index in [1.165, 1.54) is 0 Å². The molecule has 1 aromatic heterocycles. The molecule has 0 radical (unpaired) electrons. The van der Waals surface area contributed by atoms with Crippen molar-refractivity contribution in [3.05, 3.63) is 46.3 Å². The number of ether oxygens (including phenoxy) is 1. The second-order valence-corrected chi connectivity index (χ2v) is 12.0. The van der Waals surface area contributed by atoms with Crippen molar-refractivity contribution in [3.63, 3.8) is 0 Å². The summed E-state index contributed by atoms with van der Waals surface area (Å²) < 4.78 is 23.8. The molecule has 0 unspecified atom stereocenters. The molecule has 194 valence electrons. The number of aromatic nitrogens is 1. The highest BCUT2D eigenvalue weighted by Crippen LogP contribution is 2.43. The van der Waals surface area contributed by atoms with Crippen LogP contribution in [0.1, 0.15) is 83.6 Å². The fraction of sp³-hybridized carbons (Fsp3) is 0.520. The third kappa shape index (κ3) is 4.88. The first-order chi connectivity index (χ1) is 16.9. The number of nitrogens with two attached hydrogens (primary N) is 1. The largest absolute Gasteiger partial charge is 0.469 e. The quantitative estimate of drug-likeness (QED) is 0.424. The van der Waals surface area contributed by atoms with E-state index in [0.717, 1.165) is 34.6 Å². The number of fused-ring (bicyclic) bond motifs is 3. The molecule has 1 saturated carbocycles. The van der Waals surface area contributed by atoms with E-state index in [1.807, 2.05) is 12.1 Å².